The van der Waals surface area contributed by atoms with E-state index in [1.165, 1.54) is 6.07 Å². The maximum atomic E-state index is 13.6. The van der Waals surface area contributed by atoms with Gasteiger partial charge in [-0.05, 0) is 31.7 Å². The largest absolute Gasteiger partial charge is 0.370 e. The fourth-order valence-corrected chi connectivity index (χ4v) is 3.74. The highest BCUT2D eigenvalue weighted by Gasteiger charge is 2.39. The molecule has 26 heavy (non-hydrogen) atoms. The third-order valence-electron chi connectivity index (χ3n) is 5.67. The van der Waals surface area contributed by atoms with Gasteiger partial charge in [-0.25, -0.2) is 4.39 Å². The van der Waals surface area contributed by atoms with Crippen molar-refractivity contribution in [3.8, 4) is 0 Å². The molecule has 2 saturated heterocycles. The number of halogens is 1. The van der Waals surface area contributed by atoms with Crippen molar-refractivity contribution in [3.63, 3.8) is 0 Å². The number of amides is 2. The van der Waals surface area contributed by atoms with Gasteiger partial charge in [0.2, 0.25) is 11.8 Å². The number of nitrogens with zero attached hydrogens (tertiary/aromatic N) is 2. The van der Waals surface area contributed by atoms with Crippen molar-refractivity contribution in [2.45, 2.75) is 38.4 Å². The Balaban J connectivity index is 1.18. The molecule has 140 valence electrons. The molecule has 0 bridgehead atoms. The van der Waals surface area contributed by atoms with Crippen LogP contribution in [0.2, 0.25) is 0 Å². The molecule has 0 aromatic heterocycles. The lowest BCUT2D eigenvalue weighted by Gasteiger charge is -2.42. The lowest BCUT2D eigenvalue weighted by Crippen LogP contribution is -2.57. The Morgan fingerprint density at radius 3 is 2.23 bits per heavy atom. The molecular formula is C20H25FN2O3. The SMILES string of the molecule is O=C(C1CC1)N1CCC(C(=O)N2CC(OCc3ccccc3F)C2)CC1. The van der Waals surface area contributed by atoms with Crippen molar-refractivity contribution < 1.29 is 18.7 Å². The number of benzene rings is 1. The normalized spacial score (nSPS) is 21.6. The summed E-state index contributed by atoms with van der Waals surface area (Å²) in [5, 5.41) is 0. The predicted molar refractivity (Wildman–Crippen MR) is 93.6 cm³/mol. The number of piperidine rings is 1. The van der Waals surface area contributed by atoms with Crippen LogP contribution in [0.4, 0.5) is 4.39 Å². The van der Waals surface area contributed by atoms with Crippen LogP contribution >= 0.6 is 0 Å². The molecule has 0 atom stereocenters. The van der Waals surface area contributed by atoms with E-state index in [1.54, 1.807) is 18.2 Å². The smallest absolute Gasteiger partial charge is 0.225 e. The fraction of sp³-hybridized carbons (Fsp3) is 0.600. The first-order valence-corrected chi connectivity index (χ1v) is 9.54. The first kappa shape index (κ1) is 17.5. The summed E-state index contributed by atoms with van der Waals surface area (Å²) in [6, 6.07) is 6.59. The van der Waals surface area contributed by atoms with E-state index in [9.17, 15) is 14.0 Å². The molecular weight excluding hydrogens is 335 g/mol. The van der Waals surface area contributed by atoms with Crippen LogP contribution in [0.25, 0.3) is 0 Å². The summed E-state index contributed by atoms with van der Waals surface area (Å²) in [5.74, 6) is 0.471. The molecule has 1 aliphatic carbocycles. The third kappa shape index (κ3) is 3.75. The minimum atomic E-state index is -0.257. The average Bonchev–Trinajstić information content (AvgIpc) is 3.46. The number of hydrogen-bond acceptors (Lipinski definition) is 3. The lowest BCUT2D eigenvalue weighted by molar-refractivity contribution is -0.153. The Bertz CT molecular complexity index is 677. The van der Waals surface area contributed by atoms with E-state index in [0.29, 0.717) is 31.7 Å². The Morgan fingerprint density at radius 2 is 1.58 bits per heavy atom. The Morgan fingerprint density at radius 1 is 0.962 bits per heavy atom. The quantitative estimate of drug-likeness (QED) is 0.809. The standard InChI is InChI=1S/C20H25FN2O3/c21-18-4-2-1-3-16(18)13-26-17-11-23(12-17)20(25)15-7-9-22(10-8-15)19(24)14-5-6-14/h1-4,14-15,17H,5-13H2. The molecule has 0 radical (unpaired) electrons. The summed E-state index contributed by atoms with van der Waals surface area (Å²) in [5.41, 5.74) is 0.546. The molecule has 0 unspecified atom stereocenters. The van der Waals surface area contributed by atoms with Crippen molar-refractivity contribution in [2.75, 3.05) is 26.2 Å². The second-order valence-electron chi connectivity index (χ2n) is 7.64. The molecule has 2 aliphatic heterocycles. The monoisotopic (exact) mass is 360 g/mol. The molecule has 0 spiro atoms. The van der Waals surface area contributed by atoms with Gasteiger partial charge in [-0.15, -0.1) is 0 Å². The van der Waals surface area contributed by atoms with E-state index < -0.39 is 0 Å². The fourth-order valence-electron chi connectivity index (χ4n) is 3.74. The van der Waals surface area contributed by atoms with E-state index in [1.807, 2.05) is 9.80 Å². The number of carbonyl (C=O) groups is 2. The van der Waals surface area contributed by atoms with Gasteiger partial charge in [-0.3, -0.25) is 9.59 Å². The van der Waals surface area contributed by atoms with Gasteiger partial charge in [0.05, 0.1) is 12.7 Å². The highest BCUT2D eigenvalue weighted by atomic mass is 19.1. The number of ether oxygens (including phenoxy) is 1. The van der Waals surface area contributed by atoms with Crippen LogP contribution in [0.3, 0.4) is 0 Å². The molecule has 6 heteroatoms. The van der Waals surface area contributed by atoms with E-state index in [0.717, 1.165) is 25.7 Å². The second kappa shape index (κ2) is 7.35. The van der Waals surface area contributed by atoms with E-state index >= 15 is 0 Å². The van der Waals surface area contributed by atoms with Crippen LogP contribution in [0.5, 0.6) is 0 Å². The zero-order valence-electron chi connectivity index (χ0n) is 14.9. The number of likely N-dealkylation sites (tertiary alicyclic amines) is 2. The molecule has 3 aliphatic rings. The van der Waals surface area contributed by atoms with Gasteiger partial charge in [-0.1, -0.05) is 18.2 Å². The van der Waals surface area contributed by atoms with Gasteiger partial charge in [0.25, 0.3) is 0 Å². The van der Waals surface area contributed by atoms with Crippen molar-refractivity contribution in [2.24, 2.45) is 11.8 Å². The minimum Gasteiger partial charge on any atom is -0.370 e. The molecule has 1 aromatic carbocycles. The summed E-state index contributed by atoms with van der Waals surface area (Å²) < 4.78 is 19.3. The maximum absolute atomic E-state index is 13.6. The maximum Gasteiger partial charge on any atom is 0.225 e. The Labute approximate surface area is 153 Å². The molecule has 1 saturated carbocycles. The number of carbonyl (C=O) groups excluding carboxylic acids is 2. The summed E-state index contributed by atoms with van der Waals surface area (Å²) in [6.45, 7) is 2.80. The van der Waals surface area contributed by atoms with Crippen LogP contribution < -0.4 is 0 Å². The van der Waals surface area contributed by atoms with E-state index in [4.69, 9.17) is 4.74 Å². The highest BCUT2D eigenvalue weighted by Crippen LogP contribution is 2.33. The van der Waals surface area contributed by atoms with Crippen LogP contribution in [0.15, 0.2) is 24.3 Å². The Hall–Kier alpha value is -1.95. The van der Waals surface area contributed by atoms with Gasteiger partial charge in [0.15, 0.2) is 0 Å². The van der Waals surface area contributed by atoms with Gasteiger partial charge >= 0.3 is 0 Å². The van der Waals surface area contributed by atoms with Crippen LogP contribution in [0, 0.1) is 17.7 Å². The third-order valence-corrected chi connectivity index (χ3v) is 5.67. The lowest BCUT2D eigenvalue weighted by atomic mass is 9.93. The van der Waals surface area contributed by atoms with Crippen LogP contribution in [0.1, 0.15) is 31.2 Å². The van der Waals surface area contributed by atoms with Crippen molar-refractivity contribution in [3.05, 3.63) is 35.6 Å². The zero-order valence-corrected chi connectivity index (χ0v) is 14.9. The van der Waals surface area contributed by atoms with Crippen LogP contribution in [-0.4, -0.2) is 53.9 Å². The van der Waals surface area contributed by atoms with Crippen LogP contribution in [-0.2, 0) is 20.9 Å². The van der Waals surface area contributed by atoms with E-state index in [-0.39, 0.29) is 42.2 Å². The zero-order chi connectivity index (χ0) is 18.1. The Kier molecular flexibility index (Phi) is 4.94. The molecule has 1 aromatic rings. The molecule has 2 amide bonds. The van der Waals surface area contributed by atoms with Gasteiger partial charge in [0, 0.05) is 43.6 Å². The summed E-state index contributed by atoms with van der Waals surface area (Å²) in [6.07, 6.45) is 3.55. The molecule has 2 heterocycles. The average molecular weight is 360 g/mol. The van der Waals surface area contributed by atoms with Crippen molar-refractivity contribution in [1.29, 1.82) is 0 Å². The highest BCUT2D eigenvalue weighted by molar-refractivity contribution is 5.82. The van der Waals surface area contributed by atoms with Gasteiger partial charge in [0.1, 0.15) is 5.82 Å². The predicted octanol–water partition coefficient (Wildman–Crippen LogP) is 2.20. The minimum absolute atomic E-state index is 0.0184. The summed E-state index contributed by atoms with van der Waals surface area (Å²) >= 11 is 0. The first-order valence-electron chi connectivity index (χ1n) is 9.54. The molecule has 3 fully saturated rings. The van der Waals surface area contributed by atoms with Gasteiger partial charge < -0.3 is 14.5 Å². The number of rotatable bonds is 5. The first-order chi connectivity index (χ1) is 12.6. The molecule has 5 nitrogen and oxygen atoms in total. The summed E-state index contributed by atoms with van der Waals surface area (Å²) in [7, 11) is 0. The second-order valence-corrected chi connectivity index (χ2v) is 7.64. The topological polar surface area (TPSA) is 49.9 Å². The van der Waals surface area contributed by atoms with E-state index in [2.05, 4.69) is 0 Å². The number of hydrogen-bond donors (Lipinski definition) is 0. The van der Waals surface area contributed by atoms with Gasteiger partial charge in [-0.2, -0.15) is 0 Å². The molecule has 4 rings (SSSR count). The summed E-state index contributed by atoms with van der Waals surface area (Å²) in [4.78, 5) is 28.4. The molecule has 0 N–H and O–H groups in total. The van der Waals surface area contributed by atoms with Crippen molar-refractivity contribution in [1.82, 2.24) is 9.80 Å². The van der Waals surface area contributed by atoms with Crippen molar-refractivity contribution >= 4 is 11.8 Å².